The van der Waals surface area contributed by atoms with E-state index >= 15 is 0 Å². The molecular weight excluding hydrogens is 394 g/mol. The molecular formula is C25H28F2N4. The fourth-order valence-electron chi connectivity index (χ4n) is 4.02. The summed E-state index contributed by atoms with van der Waals surface area (Å²) in [7, 11) is 0. The van der Waals surface area contributed by atoms with Gasteiger partial charge in [0.15, 0.2) is 0 Å². The summed E-state index contributed by atoms with van der Waals surface area (Å²) in [6.07, 6.45) is 7.11. The van der Waals surface area contributed by atoms with Gasteiger partial charge in [-0.15, -0.1) is 0 Å². The summed E-state index contributed by atoms with van der Waals surface area (Å²) >= 11 is 0. The van der Waals surface area contributed by atoms with Gasteiger partial charge in [0.2, 0.25) is 0 Å². The van der Waals surface area contributed by atoms with Crippen LogP contribution < -0.4 is 10.6 Å². The molecule has 1 aromatic heterocycles. The van der Waals surface area contributed by atoms with E-state index in [-0.39, 0.29) is 0 Å². The van der Waals surface area contributed by atoms with Gasteiger partial charge in [0.25, 0.3) is 0 Å². The zero-order valence-electron chi connectivity index (χ0n) is 17.6. The molecule has 0 amide bonds. The fourth-order valence-corrected chi connectivity index (χ4v) is 4.02. The Morgan fingerprint density at radius 2 is 1.71 bits per heavy atom. The minimum Gasteiger partial charge on any atom is -0.382 e. The number of hydrogen-bond donors (Lipinski definition) is 2. The van der Waals surface area contributed by atoms with E-state index in [1.807, 2.05) is 6.07 Å². The zero-order chi connectivity index (χ0) is 21.5. The molecule has 0 saturated carbocycles. The topological polar surface area (TPSA) is 49.8 Å². The van der Waals surface area contributed by atoms with Crippen LogP contribution in [0.15, 0.2) is 54.7 Å². The molecule has 1 aliphatic rings. The lowest BCUT2D eigenvalue weighted by atomic mass is 10.1. The molecule has 162 valence electrons. The van der Waals surface area contributed by atoms with Crippen LogP contribution in [0.4, 0.5) is 14.5 Å². The van der Waals surface area contributed by atoms with Gasteiger partial charge in [-0.25, -0.2) is 18.7 Å². The third-order valence-corrected chi connectivity index (χ3v) is 5.61. The highest BCUT2D eigenvalue weighted by Gasteiger charge is 2.13. The maximum Gasteiger partial charge on any atom is 0.128 e. The lowest BCUT2D eigenvalue weighted by Crippen LogP contribution is -2.35. The van der Waals surface area contributed by atoms with Gasteiger partial charge < -0.3 is 10.6 Å². The number of anilines is 1. The van der Waals surface area contributed by atoms with Crippen LogP contribution in [-0.4, -0.2) is 29.1 Å². The van der Waals surface area contributed by atoms with Crippen molar-refractivity contribution in [2.75, 3.05) is 18.4 Å². The minimum atomic E-state index is -0.525. The van der Waals surface area contributed by atoms with Crippen molar-refractivity contribution in [2.45, 2.75) is 44.6 Å². The average Bonchev–Trinajstić information content (AvgIpc) is 2.77. The highest BCUT2D eigenvalue weighted by atomic mass is 19.1. The number of aryl methyl sites for hydroxylation is 2. The summed E-state index contributed by atoms with van der Waals surface area (Å²) in [6.45, 7) is 2.11. The Bertz CT molecular complexity index is 982. The molecule has 4 nitrogen and oxygen atoms in total. The van der Waals surface area contributed by atoms with E-state index in [0.717, 1.165) is 74.0 Å². The van der Waals surface area contributed by atoms with Gasteiger partial charge in [-0.3, -0.25) is 0 Å². The Labute approximate surface area is 182 Å². The van der Waals surface area contributed by atoms with Gasteiger partial charge in [-0.2, -0.15) is 0 Å². The minimum absolute atomic E-state index is 0.504. The number of rotatable bonds is 8. The molecule has 2 N–H and O–H groups in total. The van der Waals surface area contributed by atoms with Gasteiger partial charge in [-0.05, 0) is 81.1 Å². The van der Waals surface area contributed by atoms with Gasteiger partial charge in [0.05, 0.1) is 5.69 Å². The van der Waals surface area contributed by atoms with Crippen LogP contribution in [0.3, 0.4) is 0 Å². The molecule has 0 spiro atoms. The van der Waals surface area contributed by atoms with E-state index in [1.165, 1.54) is 12.1 Å². The van der Waals surface area contributed by atoms with Crippen molar-refractivity contribution in [1.29, 1.82) is 0 Å². The first-order chi connectivity index (χ1) is 15.2. The van der Waals surface area contributed by atoms with Crippen LogP contribution in [0.2, 0.25) is 0 Å². The molecule has 3 aromatic rings. The Hall–Kier alpha value is -2.86. The van der Waals surface area contributed by atoms with Crippen molar-refractivity contribution in [3.63, 3.8) is 0 Å². The van der Waals surface area contributed by atoms with Gasteiger partial charge in [0.1, 0.15) is 17.5 Å². The van der Waals surface area contributed by atoms with Gasteiger partial charge in [-0.1, -0.05) is 12.1 Å². The Morgan fingerprint density at radius 3 is 2.52 bits per heavy atom. The van der Waals surface area contributed by atoms with Crippen molar-refractivity contribution in [3.05, 3.63) is 77.8 Å². The molecule has 2 aromatic carbocycles. The van der Waals surface area contributed by atoms with Crippen LogP contribution >= 0.6 is 0 Å². The predicted octanol–water partition coefficient (Wildman–Crippen LogP) is 5.15. The summed E-state index contributed by atoms with van der Waals surface area (Å²) in [6, 6.07) is 14.5. The van der Waals surface area contributed by atoms with Crippen LogP contribution in [-0.2, 0) is 12.8 Å². The average molecular weight is 423 g/mol. The maximum absolute atomic E-state index is 13.3. The number of halogens is 2. The van der Waals surface area contributed by atoms with Crippen LogP contribution in [0.1, 0.15) is 37.1 Å². The molecule has 0 radical (unpaired) electrons. The molecule has 1 aliphatic heterocycles. The van der Waals surface area contributed by atoms with E-state index < -0.39 is 11.6 Å². The standard InChI is InChI=1S/C25H28F2N4/c26-20-14-18(15-21(27)17-20)4-1-2-7-25-29-13-10-24(31-25)19-5-3-6-23(16-19)30-22-8-11-28-12-9-22/h3,5-6,10,13-17,22,28,30H,1-2,4,7-9,11-12H2. The zero-order valence-corrected chi connectivity index (χ0v) is 17.6. The monoisotopic (exact) mass is 422 g/mol. The van der Waals surface area contributed by atoms with Crippen molar-refractivity contribution in [2.24, 2.45) is 0 Å². The summed E-state index contributed by atoms with van der Waals surface area (Å²) in [5.41, 5.74) is 3.78. The van der Waals surface area contributed by atoms with E-state index in [4.69, 9.17) is 4.98 Å². The third kappa shape index (κ3) is 6.31. The van der Waals surface area contributed by atoms with Gasteiger partial charge in [0, 0.05) is 36.0 Å². The lowest BCUT2D eigenvalue weighted by molar-refractivity contribution is 0.479. The summed E-state index contributed by atoms with van der Waals surface area (Å²) < 4.78 is 26.6. The normalized spacial score (nSPS) is 14.5. The second-order valence-corrected chi connectivity index (χ2v) is 8.09. The van der Waals surface area contributed by atoms with Crippen LogP contribution in [0.5, 0.6) is 0 Å². The molecule has 31 heavy (non-hydrogen) atoms. The predicted molar refractivity (Wildman–Crippen MR) is 120 cm³/mol. The molecule has 0 unspecified atom stereocenters. The highest BCUT2D eigenvalue weighted by Crippen LogP contribution is 2.23. The summed E-state index contributed by atoms with van der Waals surface area (Å²) in [5, 5.41) is 7.02. The first kappa shape index (κ1) is 21.4. The van der Waals surface area contributed by atoms with Crippen molar-refractivity contribution in [1.82, 2.24) is 15.3 Å². The Morgan fingerprint density at radius 1 is 0.935 bits per heavy atom. The molecule has 1 fully saturated rings. The molecule has 0 aliphatic carbocycles. The smallest absolute Gasteiger partial charge is 0.128 e. The Kier molecular flexibility index (Phi) is 7.20. The second-order valence-electron chi connectivity index (χ2n) is 8.09. The largest absolute Gasteiger partial charge is 0.382 e. The molecule has 4 rings (SSSR count). The first-order valence-corrected chi connectivity index (χ1v) is 11.0. The molecule has 0 bridgehead atoms. The molecule has 0 atom stereocenters. The number of hydrogen-bond acceptors (Lipinski definition) is 4. The quantitative estimate of drug-likeness (QED) is 0.493. The highest BCUT2D eigenvalue weighted by molar-refractivity contribution is 5.65. The van der Waals surface area contributed by atoms with E-state index in [0.29, 0.717) is 18.0 Å². The van der Waals surface area contributed by atoms with E-state index in [9.17, 15) is 8.78 Å². The number of unbranched alkanes of at least 4 members (excludes halogenated alkanes) is 1. The van der Waals surface area contributed by atoms with Crippen molar-refractivity contribution >= 4 is 5.69 Å². The lowest BCUT2D eigenvalue weighted by Gasteiger charge is -2.24. The van der Waals surface area contributed by atoms with Crippen molar-refractivity contribution < 1.29 is 8.78 Å². The number of nitrogens with one attached hydrogen (secondary N) is 2. The summed E-state index contributed by atoms with van der Waals surface area (Å²) in [4.78, 5) is 9.13. The number of piperidine rings is 1. The number of benzene rings is 2. The first-order valence-electron chi connectivity index (χ1n) is 11.0. The molecule has 6 heteroatoms. The fraction of sp³-hybridized carbons (Fsp3) is 0.360. The van der Waals surface area contributed by atoms with E-state index in [2.05, 4.69) is 39.9 Å². The summed E-state index contributed by atoms with van der Waals surface area (Å²) in [5.74, 6) is -0.259. The molecule has 1 saturated heterocycles. The van der Waals surface area contributed by atoms with E-state index in [1.54, 1.807) is 6.20 Å². The second kappa shape index (κ2) is 10.4. The third-order valence-electron chi connectivity index (χ3n) is 5.61. The van der Waals surface area contributed by atoms with Crippen LogP contribution in [0.25, 0.3) is 11.3 Å². The SMILES string of the molecule is Fc1cc(F)cc(CCCCc2nccc(-c3cccc(NC4CCNCC4)c3)n2)c1. The van der Waals surface area contributed by atoms with Crippen LogP contribution in [0, 0.1) is 11.6 Å². The molecule has 2 heterocycles. The maximum atomic E-state index is 13.3. The van der Waals surface area contributed by atoms with Gasteiger partial charge >= 0.3 is 0 Å². The number of nitrogens with zero attached hydrogens (tertiary/aromatic N) is 2. The van der Waals surface area contributed by atoms with Crippen molar-refractivity contribution in [3.8, 4) is 11.3 Å². The Balaban J connectivity index is 1.34. The number of aromatic nitrogens is 2.